The fraction of sp³-hybridized carbons (Fsp3) is 0.154. The highest BCUT2D eigenvalue weighted by Crippen LogP contribution is 2.37. The Bertz CT molecular complexity index is 1340. The van der Waals surface area contributed by atoms with Crippen LogP contribution >= 0.6 is 27.3 Å². The lowest BCUT2D eigenvalue weighted by Crippen LogP contribution is -2.12. The molecular weight excluding hydrogens is 514 g/mol. The Labute approximate surface area is 210 Å². The highest BCUT2D eigenvalue weighted by molar-refractivity contribution is 9.10. The van der Waals surface area contributed by atoms with Crippen LogP contribution in [0.2, 0.25) is 0 Å². The van der Waals surface area contributed by atoms with Crippen LogP contribution in [0.15, 0.2) is 86.7 Å². The maximum absolute atomic E-state index is 5.48. The third-order valence-electron chi connectivity index (χ3n) is 5.08. The van der Waals surface area contributed by atoms with Crippen LogP contribution < -0.4 is 19.0 Å². The van der Waals surface area contributed by atoms with Crippen LogP contribution in [0.5, 0.6) is 17.2 Å². The van der Waals surface area contributed by atoms with E-state index in [4.69, 9.17) is 24.3 Å². The fourth-order valence-corrected chi connectivity index (χ4v) is 4.73. The third kappa shape index (κ3) is 5.24. The van der Waals surface area contributed by atoms with Gasteiger partial charge < -0.3 is 14.2 Å². The SMILES string of the molecule is COc1cc(C=Nn2c(-c3ccccc3Br)csc2=NCc2ccccc2)cc(OC)c1OC. The molecule has 34 heavy (non-hydrogen) atoms. The van der Waals surface area contributed by atoms with E-state index >= 15 is 0 Å². The van der Waals surface area contributed by atoms with Gasteiger partial charge in [0.25, 0.3) is 0 Å². The Morgan fingerprint density at radius 3 is 2.24 bits per heavy atom. The molecular formula is C26H24BrN3O3S. The van der Waals surface area contributed by atoms with Gasteiger partial charge in [-0.25, -0.2) is 4.68 Å². The summed E-state index contributed by atoms with van der Waals surface area (Å²) in [7, 11) is 4.77. The molecule has 8 heteroatoms. The Hall–Kier alpha value is -3.36. The van der Waals surface area contributed by atoms with Gasteiger partial charge >= 0.3 is 0 Å². The normalized spacial score (nSPS) is 11.7. The lowest BCUT2D eigenvalue weighted by Gasteiger charge is -2.12. The van der Waals surface area contributed by atoms with Crippen molar-refractivity contribution in [2.45, 2.75) is 6.54 Å². The second-order valence-electron chi connectivity index (χ2n) is 7.20. The first kappa shape index (κ1) is 23.8. The predicted octanol–water partition coefficient (Wildman–Crippen LogP) is 5.99. The van der Waals surface area contributed by atoms with Gasteiger partial charge in [-0.3, -0.25) is 4.99 Å². The van der Waals surface area contributed by atoms with Gasteiger partial charge in [-0.15, -0.1) is 11.3 Å². The summed E-state index contributed by atoms with van der Waals surface area (Å²) >= 11 is 5.21. The van der Waals surface area contributed by atoms with Gasteiger partial charge in [0.1, 0.15) is 0 Å². The lowest BCUT2D eigenvalue weighted by atomic mass is 10.2. The first-order valence-corrected chi connectivity index (χ1v) is 12.2. The van der Waals surface area contributed by atoms with Gasteiger partial charge in [-0.05, 0) is 23.8 Å². The van der Waals surface area contributed by atoms with E-state index in [2.05, 4.69) is 39.5 Å². The van der Waals surface area contributed by atoms with Crippen molar-refractivity contribution in [2.75, 3.05) is 21.3 Å². The molecule has 3 aromatic carbocycles. The largest absolute Gasteiger partial charge is 0.493 e. The minimum Gasteiger partial charge on any atom is -0.493 e. The van der Waals surface area contributed by atoms with Crippen molar-refractivity contribution in [2.24, 2.45) is 10.1 Å². The van der Waals surface area contributed by atoms with E-state index in [1.165, 1.54) is 0 Å². The van der Waals surface area contributed by atoms with Crippen molar-refractivity contribution in [3.05, 3.63) is 92.5 Å². The summed E-state index contributed by atoms with van der Waals surface area (Å²) < 4.78 is 19.2. The summed E-state index contributed by atoms with van der Waals surface area (Å²) in [5.41, 5.74) is 3.91. The van der Waals surface area contributed by atoms with Gasteiger partial charge in [0.2, 0.25) is 10.6 Å². The Kier molecular flexibility index (Phi) is 7.82. The number of benzene rings is 3. The molecule has 6 nitrogen and oxygen atoms in total. The number of ether oxygens (including phenoxy) is 3. The summed E-state index contributed by atoms with van der Waals surface area (Å²) in [6, 6.07) is 21.9. The summed E-state index contributed by atoms with van der Waals surface area (Å²) in [5, 5.41) is 6.87. The number of thiazole rings is 1. The molecule has 0 bridgehead atoms. The van der Waals surface area contributed by atoms with E-state index < -0.39 is 0 Å². The second kappa shape index (κ2) is 11.2. The monoisotopic (exact) mass is 537 g/mol. The summed E-state index contributed by atoms with van der Waals surface area (Å²) in [4.78, 5) is 5.63. The van der Waals surface area contributed by atoms with Crippen molar-refractivity contribution in [3.63, 3.8) is 0 Å². The van der Waals surface area contributed by atoms with Gasteiger partial charge in [0, 0.05) is 21.0 Å². The van der Waals surface area contributed by atoms with Crippen molar-refractivity contribution in [1.82, 2.24) is 4.68 Å². The van der Waals surface area contributed by atoms with Crippen LogP contribution in [0.25, 0.3) is 11.3 Å². The topological polar surface area (TPSA) is 57.3 Å². The minimum absolute atomic E-state index is 0.540. The zero-order chi connectivity index (χ0) is 23.9. The number of aromatic nitrogens is 1. The number of hydrogen-bond donors (Lipinski definition) is 0. The molecule has 0 atom stereocenters. The standard InChI is InChI=1S/C26H24BrN3O3S/c1-31-23-13-19(14-24(32-2)25(23)33-3)16-29-30-22(20-11-7-8-12-21(20)27)17-34-26(30)28-15-18-9-5-4-6-10-18/h4-14,16-17H,15H2,1-3H3. The highest BCUT2D eigenvalue weighted by Gasteiger charge is 2.13. The number of rotatable bonds is 8. The Morgan fingerprint density at radius 2 is 1.59 bits per heavy atom. The number of nitrogens with zero attached hydrogens (tertiary/aromatic N) is 3. The molecule has 4 aromatic rings. The van der Waals surface area contributed by atoms with Gasteiger partial charge in [0.05, 0.1) is 39.8 Å². The van der Waals surface area contributed by atoms with Gasteiger partial charge in [-0.1, -0.05) is 64.5 Å². The first-order valence-electron chi connectivity index (χ1n) is 10.5. The summed E-state index contributed by atoms with van der Waals surface area (Å²) in [6.45, 7) is 0.566. The first-order chi connectivity index (χ1) is 16.6. The predicted molar refractivity (Wildman–Crippen MR) is 140 cm³/mol. The van der Waals surface area contributed by atoms with Crippen LogP contribution in [0.4, 0.5) is 0 Å². The fourth-order valence-electron chi connectivity index (χ4n) is 3.42. The van der Waals surface area contributed by atoms with E-state index in [1.807, 2.05) is 53.2 Å². The Balaban J connectivity index is 1.80. The van der Waals surface area contributed by atoms with Crippen LogP contribution in [-0.2, 0) is 6.54 Å². The molecule has 0 N–H and O–H groups in total. The molecule has 1 aromatic heterocycles. The maximum atomic E-state index is 5.48. The number of hydrogen-bond acceptors (Lipinski definition) is 6. The zero-order valence-corrected chi connectivity index (χ0v) is 21.5. The molecule has 4 rings (SSSR count). The third-order valence-corrected chi connectivity index (χ3v) is 6.63. The molecule has 0 radical (unpaired) electrons. The number of halogens is 1. The smallest absolute Gasteiger partial charge is 0.206 e. The van der Waals surface area contributed by atoms with Crippen LogP contribution in [-0.4, -0.2) is 32.2 Å². The van der Waals surface area contributed by atoms with E-state index in [-0.39, 0.29) is 0 Å². The second-order valence-corrected chi connectivity index (χ2v) is 8.89. The molecule has 0 saturated heterocycles. The lowest BCUT2D eigenvalue weighted by molar-refractivity contribution is 0.324. The van der Waals surface area contributed by atoms with Crippen LogP contribution in [0, 0.1) is 0 Å². The van der Waals surface area contributed by atoms with Crippen molar-refractivity contribution in [3.8, 4) is 28.5 Å². The highest BCUT2D eigenvalue weighted by atomic mass is 79.9. The van der Waals surface area contributed by atoms with E-state index in [9.17, 15) is 0 Å². The summed E-state index contributed by atoms with van der Waals surface area (Å²) in [5.74, 6) is 1.68. The Morgan fingerprint density at radius 1 is 0.912 bits per heavy atom. The van der Waals surface area contributed by atoms with Gasteiger partial charge in [0.15, 0.2) is 11.5 Å². The molecule has 174 valence electrons. The average molecular weight is 538 g/mol. The summed E-state index contributed by atoms with van der Waals surface area (Å²) in [6.07, 6.45) is 1.76. The van der Waals surface area contributed by atoms with Crippen LogP contribution in [0.1, 0.15) is 11.1 Å². The van der Waals surface area contributed by atoms with E-state index in [0.29, 0.717) is 23.8 Å². The molecule has 0 spiro atoms. The maximum Gasteiger partial charge on any atom is 0.206 e. The van der Waals surface area contributed by atoms with E-state index in [0.717, 1.165) is 31.7 Å². The minimum atomic E-state index is 0.540. The molecule has 0 aliphatic heterocycles. The molecule has 1 heterocycles. The molecule has 0 fully saturated rings. The van der Waals surface area contributed by atoms with Crippen molar-refractivity contribution >= 4 is 33.5 Å². The quantitative estimate of drug-likeness (QED) is 0.259. The molecule has 0 amide bonds. The number of methoxy groups -OCH3 is 3. The van der Waals surface area contributed by atoms with Crippen molar-refractivity contribution < 1.29 is 14.2 Å². The molecule has 0 unspecified atom stereocenters. The van der Waals surface area contributed by atoms with Gasteiger partial charge in [-0.2, -0.15) is 5.10 Å². The van der Waals surface area contributed by atoms with Crippen LogP contribution in [0.3, 0.4) is 0 Å². The molecule has 0 aliphatic rings. The average Bonchev–Trinajstić information content (AvgIpc) is 3.28. The molecule has 0 saturated carbocycles. The molecule has 0 aliphatic carbocycles. The van der Waals surface area contributed by atoms with E-state index in [1.54, 1.807) is 38.9 Å². The van der Waals surface area contributed by atoms with Crippen molar-refractivity contribution in [1.29, 1.82) is 0 Å². The zero-order valence-electron chi connectivity index (χ0n) is 19.1.